The number of hydrogen-bond acceptors (Lipinski definition) is 4. The molecular weight excluding hydrogens is 383 g/mol. The Bertz CT molecular complexity index is 415. The van der Waals surface area contributed by atoms with E-state index in [2.05, 4.69) is 6.92 Å². The van der Waals surface area contributed by atoms with Crippen LogP contribution in [-0.4, -0.2) is 29.4 Å². The van der Waals surface area contributed by atoms with Gasteiger partial charge in [0.1, 0.15) is 0 Å². The zero-order valence-electron chi connectivity index (χ0n) is 19.0. The van der Waals surface area contributed by atoms with E-state index in [1.54, 1.807) is 0 Å². The molecule has 0 aromatic carbocycles. The maximum atomic E-state index is 11.5. The normalized spacial score (nSPS) is 13.9. The summed E-state index contributed by atoms with van der Waals surface area (Å²) in [5, 5.41) is 8.82. The molecule has 0 heterocycles. The summed E-state index contributed by atoms with van der Waals surface area (Å²) in [6, 6.07) is 0. The van der Waals surface area contributed by atoms with Gasteiger partial charge in [-0.05, 0) is 25.7 Å². The molecule has 2 atom stereocenters. The summed E-state index contributed by atoms with van der Waals surface area (Å²) in [7, 11) is -4.17. The van der Waals surface area contributed by atoms with Crippen LogP contribution in [0.15, 0.2) is 0 Å². The fraction of sp³-hybridized carbons (Fsp3) is 1.00. The molecule has 0 radical (unpaired) electrons. The summed E-state index contributed by atoms with van der Waals surface area (Å²) in [6.07, 6.45) is 18.3. The third kappa shape index (κ3) is 20.2. The van der Waals surface area contributed by atoms with E-state index in [4.69, 9.17) is 0 Å². The van der Waals surface area contributed by atoms with Crippen LogP contribution in [-0.2, 0) is 10.1 Å². The molecule has 0 bridgehead atoms. The van der Waals surface area contributed by atoms with Gasteiger partial charge in [-0.25, -0.2) is 8.42 Å². The zero-order chi connectivity index (χ0) is 20.4. The van der Waals surface area contributed by atoms with E-state index in [0.29, 0.717) is 12.8 Å². The molecule has 0 spiro atoms. The van der Waals surface area contributed by atoms with Gasteiger partial charge in [0, 0.05) is 5.25 Å². The van der Waals surface area contributed by atoms with Crippen molar-refractivity contribution in [3.05, 3.63) is 0 Å². The minimum absolute atomic E-state index is 0. The smallest absolute Gasteiger partial charge is 0.748 e. The van der Waals surface area contributed by atoms with E-state index >= 15 is 0 Å². The van der Waals surface area contributed by atoms with Crippen LogP contribution in [0.3, 0.4) is 0 Å². The predicted octanol–water partition coefficient (Wildman–Crippen LogP) is 3.33. The Balaban J connectivity index is 0. The van der Waals surface area contributed by atoms with E-state index in [1.807, 2.05) is 6.92 Å². The number of hydrogen-bond donors (Lipinski definition) is 1. The summed E-state index contributed by atoms with van der Waals surface area (Å²) in [5.41, 5.74) is 0. The fourth-order valence-corrected chi connectivity index (χ4v) is 4.51. The van der Waals surface area contributed by atoms with Gasteiger partial charge in [-0.1, -0.05) is 104 Å². The first-order chi connectivity index (χ1) is 12.9. The van der Waals surface area contributed by atoms with Crippen LogP contribution in [0.25, 0.3) is 0 Å². The van der Waals surface area contributed by atoms with Gasteiger partial charge >= 0.3 is 29.6 Å². The average Bonchev–Trinajstić information content (AvgIpc) is 2.62. The van der Waals surface area contributed by atoms with Gasteiger partial charge in [0.15, 0.2) is 0 Å². The molecule has 1 N–H and O–H groups in total. The summed E-state index contributed by atoms with van der Waals surface area (Å²) in [6.45, 7) is 4.21. The minimum atomic E-state index is -4.17. The summed E-state index contributed by atoms with van der Waals surface area (Å²) in [4.78, 5) is 0. The number of aliphatic hydroxyl groups excluding tert-OH is 1. The second-order valence-corrected chi connectivity index (χ2v) is 9.79. The third-order valence-electron chi connectivity index (χ3n) is 5.57. The van der Waals surface area contributed by atoms with Crippen molar-refractivity contribution in [1.29, 1.82) is 0 Å². The van der Waals surface area contributed by atoms with Gasteiger partial charge in [0.2, 0.25) is 0 Å². The fourth-order valence-electron chi connectivity index (χ4n) is 3.60. The van der Waals surface area contributed by atoms with Crippen molar-refractivity contribution in [3.8, 4) is 0 Å². The predicted molar refractivity (Wildman–Crippen MR) is 114 cm³/mol. The molecule has 0 aliphatic heterocycles. The van der Waals surface area contributed by atoms with Crippen LogP contribution in [0, 0.1) is 0 Å². The Morgan fingerprint density at radius 1 is 0.679 bits per heavy atom. The summed E-state index contributed by atoms with van der Waals surface area (Å²) < 4.78 is 34.5. The van der Waals surface area contributed by atoms with Crippen LogP contribution in [0.1, 0.15) is 129 Å². The van der Waals surface area contributed by atoms with Crippen molar-refractivity contribution >= 4 is 10.1 Å². The Morgan fingerprint density at radius 3 is 1.39 bits per heavy atom. The van der Waals surface area contributed by atoms with Crippen LogP contribution < -0.4 is 29.6 Å². The Labute approximate surface area is 197 Å². The molecule has 0 rings (SSSR count). The first kappa shape index (κ1) is 31.1. The molecule has 2 unspecified atom stereocenters. The van der Waals surface area contributed by atoms with E-state index in [9.17, 15) is 18.1 Å². The molecule has 0 aliphatic carbocycles. The number of aliphatic hydroxyl groups is 1. The second-order valence-electron chi connectivity index (χ2n) is 8.14. The molecule has 0 fully saturated rings. The SMILES string of the molecule is CCCCCCCCCCCC(CCCCCCCC(O)CC)S(=O)(=O)[O-].[Na+]. The summed E-state index contributed by atoms with van der Waals surface area (Å²) in [5.74, 6) is 0. The van der Waals surface area contributed by atoms with Crippen molar-refractivity contribution in [2.75, 3.05) is 0 Å². The van der Waals surface area contributed by atoms with E-state index < -0.39 is 15.4 Å². The molecule has 0 saturated carbocycles. The second kappa shape index (κ2) is 21.1. The summed E-state index contributed by atoms with van der Waals surface area (Å²) >= 11 is 0. The molecule has 0 aromatic rings. The van der Waals surface area contributed by atoms with Crippen LogP contribution in [0.2, 0.25) is 0 Å². The number of unbranched alkanes of at least 4 members (excludes halogenated alkanes) is 12. The maximum absolute atomic E-state index is 11.5. The Kier molecular flexibility index (Phi) is 23.4. The van der Waals surface area contributed by atoms with E-state index in [-0.39, 0.29) is 35.7 Å². The zero-order valence-corrected chi connectivity index (χ0v) is 21.8. The minimum Gasteiger partial charge on any atom is -0.748 e. The van der Waals surface area contributed by atoms with Crippen LogP contribution in [0.4, 0.5) is 0 Å². The maximum Gasteiger partial charge on any atom is 1.00 e. The van der Waals surface area contributed by atoms with E-state index in [0.717, 1.165) is 64.2 Å². The Hall–Kier alpha value is 0.870. The van der Waals surface area contributed by atoms with Gasteiger partial charge in [0.05, 0.1) is 16.2 Å². The van der Waals surface area contributed by atoms with Gasteiger partial charge in [-0.2, -0.15) is 0 Å². The molecule has 28 heavy (non-hydrogen) atoms. The average molecular weight is 429 g/mol. The van der Waals surface area contributed by atoms with Crippen LogP contribution in [0.5, 0.6) is 0 Å². The van der Waals surface area contributed by atoms with Gasteiger partial charge in [-0.3, -0.25) is 0 Å². The molecule has 0 saturated heterocycles. The third-order valence-corrected chi connectivity index (χ3v) is 6.86. The first-order valence-electron chi connectivity index (χ1n) is 11.5. The van der Waals surface area contributed by atoms with Gasteiger partial charge < -0.3 is 9.66 Å². The topological polar surface area (TPSA) is 77.4 Å². The standard InChI is InChI=1S/C22H46O4S.Na/c1-3-5-6-7-8-9-10-13-16-19-22(27(24,25)26)20-17-14-11-12-15-18-21(23)4-2;/h21-23H,3-20H2,1-2H3,(H,24,25,26);/q;+1/p-1. The quantitative estimate of drug-likeness (QED) is 0.183. The molecule has 0 aromatic heterocycles. The van der Waals surface area contributed by atoms with Crippen molar-refractivity contribution in [3.63, 3.8) is 0 Å². The molecule has 6 heteroatoms. The molecule has 4 nitrogen and oxygen atoms in total. The monoisotopic (exact) mass is 428 g/mol. The van der Waals surface area contributed by atoms with Crippen molar-refractivity contribution in [2.24, 2.45) is 0 Å². The van der Waals surface area contributed by atoms with Crippen molar-refractivity contribution in [2.45, 2.75) is 141 Å². The number of rotatable bonds is 20. The van der Waals surface area contributed by atoms with Crippen molar-refractivity contribution < 1.29 is 47.6 Å². The largest absolute Gasteiger partial charge is 1.00 e. The molecule has 0 aliphatic rings. The molecule has 164 valence electrons. The van der Waals surface area contributed by atoms with Crippen molar-refractivity contribution in [1.82, 2.24) is 0 Å². The van der Waals surface area contributed by atoms with Gasteiger partial charge in [-0.15, -0.1) is 0 Å². The first-order valence-corrected chi connectivity index (χ1v) is 13.0. The Morgan fingerprint density at radius 2 is 1.04 bits per heavy atom. The molecular formula is C22H45NaO4S. The van der Waals surface area contributed by atoms with Gasteiger partial charge in [0.25, 0.3) is 0 Å². The molecule has 0 amide bonds. The van der Waals surface area contributed by atoms with E-state index in [1.165, 1.54) is 38.5 Å². The van der Waals surface area contributed by atoms with Crippen LogP contribution >= 0.6 is 0 Å².